The third-order valence-electron chi connectivity index (χ3n) is 12.4. The van der Waals surface area contributed by atoms with Crippen molar-refractivity contribution in [3.05, 3.63) is 251 Å². The summed E-state index contributed by atoms with van der Waals surface area (Å²) in [6, 6.07) is 74.9. The van der Waals surface area contributed by atoms with Gasteiger partial charge in [0.1, 0.15) is 0 Å². The number of rotatable bonds is 6. The van der Waals surface area contributed by atoms with Crippen LogP contribution in [0, 0.1) is 0 Å². The third-order valence-corrected chi connectivity index (χ3v) is 13.7. The highest BCUT2D eigenvalue weighted by atomic mass is 32.1. The second-order valence-electron chi connectivity index (χ2n) is 15.1. The Morgan fingerprint density at radius 2 is 0.561 bits per heavy atom. The van der Waals surface area contributed by atoms with Crippen molar-refractivity contribution < 1.29 is 0 Å². The van der Waals surface area contributed by atoms with Gasteiger partial charge in [-0.2, -0.15) is 0 Å². The van der Waals surface area contributed by atoms with Crippen LogP contribution < -0.4 is 11.5 Å². The first-order valence-corrected chi connectivity index (χ1v) is 20.3. The molecule has 3 heteroatoms. The van der Waals surface area contributed by atoms with E-state index in [0.29, 0.717) is 11.4 Å². The fourth-order valence-electron chi connectivity index (χ4n) is 10.2. The number of nitrogen functional groups attached to an aromatic ring is 2. The average molecular weight is 747 g/mol. The number of hydrogen-bond donors (Lipinski definition) is 2. The van der Waals surface area contributed by atoms with Crippen LogP contribution in [0.25, 0.3) is 43.1 Å². The Balaban J connectivity index is 1.17. The summed E-state index contributed by atoms with van der Waals surface area (Å²) in [5.41, 5.74) is 31.7. The highest BCUT2D eigenvalue weighted by molar-refractivity contribution is 7.20. The molecule has 0 aliphatic heterocycles. The number of benzene rings is 8. The Kier molecular flexibility index (Phi) is 7.51. The summed E-state index contributed by atoms with van der Waals surface area (Å²) in [5.74, 6) is 0. The van der Waals surface area contributed by atoms with Crippen LogP contribution in [0.5, 0.6) is 0 Å². The van der Waals surface area contributed by atoms with Crippen LogP contribution in [-0.2, 0) is 10.8 Å². The monoisotopic (exact) mass is 746 g/mol. The lowest BCUT2D eigenvalue weighted by Crippen LogP contribution is -2.28. The van der Waals surface area contributed by atoms with E-state index in [9.17, 15) is 0 Å². The van der Waals surface area contributed by atoms with E-state index >= 15 is 0 Å². The fraction of sp³-hybridized carbons (Fsp3) is 0.0370. The van der Waals surface area contributed by atoms with Crippen molar-refractivity contribution in [1.29, 1.82) is 0 Å². The smallest absolute Gasteiger partial charge is 0.0744 e. The zero-order valence-electron chi connectivity index (χ0n) is 31.2. The largest absolute Gasteiger partial charge is 0.396 e. The minimum atomic E-state index is -0.507. The SMILES string of the molecule is Nc1c(-c2cccc3c2-c2ccccc2C3(c2ccccc2)c2ccccc2)sc(-c2cccc3c2-c2ccccc2C3(c2ccccc2)c2ccccc2)c1N. The van der Waals surface area contributed by atoms with Crippen molar-refractivity contribution >= 4 is 22.7 Å². The van der Waals surface area contributed by atoms with Gasteiger partial charge >= 0.3 is 0 Å². The van der Waals surface area contributed by atoms with Crippen LogP contribution in [0.4, 0.5) is 11.4 Å². The van der Waals surface area contributed by atoms with Crippen LogP contribution in [0.3, 0.4) is 0 Å². The minimum Gasteiger partial charge on any atom is -0.396 e. The molecule has 0 atom stereocenters. The van der Waals surface area contributed by atoms with Crippen molar-refractivity contribution in [2.75, 3.05) is 11.5 Å². The predicted octanol–water partition coefficient (Wildman–Crippen LogP) is 13.0. The van der Waals surface area contributed by atoms with Crippen LogP contribution >= 0.6 is 11.3 Å². The van der Waals surface area contributed by atoms with Crippen LogP contribution in [-0.4, -0.2) is 0 Å². The van der Waals surface area contributed by atoms with Gasteiger partial charge < -0.3 is 11.5 Å². The summed E-state index contributed by atoms with van der Waals surface area (Å²) in [4.78, 5) is 1.99. The molecule has 0 bridgehead atoms. The van der Waals surface area contributed by atoms with Gasteiger partial charge in [0, 0.05) is 11.1 Å². The van der Waals surface area contributed by atoms with E-state index < -0.39 is 10.8 Å². The Bertz CT molecular complexity index is 2690. The van der Waals surface area contributed by atoms with E-state index in [1.165, 1.54) is 66.8 Å². The molecular weight excluding hydrogens is 709 g/mol. The molecule has 0 spiro atoms. The molecule has 0 saturated heterocycles. The zero-order chi connectivity index (χ0) is 38.1. The summed E-state index contributed by atoms with van der Waals surface area (Å²) in [5, 5.41) is 0. The molecule has 0 fully saturated rings. The second kappa shape index (κ2) is 12.8. The molecule has 2 nitrogen and oxygen atoms in total. The van der Waals surface area contributed by atoms with E-state index in [1.807, 2.05) is 0 Å². The first-order chi connectivity index (χ1) is 28.1. The van der Waals surface area contributed by atoms with Crippen LogP contribution in [0.1, 0.15) is 44.5 Å². The molecule has 11 rings (SSSR count). The van der Waals surface area contributed by atoms with Gasteiger partial charge in [-0.15, -0.1) is 11.3 Å². The molecule has 57 heavy (non-hydrogen) atoms. The molecule has 1 heterocycles. The average Bonchev–Trinajstić information content (AvgIpc) is 3.88. The molecular formula is C54H38N2S. The van der Waals surface area contributed by atoms with E-state index in [4.69, 9.17) is 11.5 Å². The maximum atomic E-state index is 7.24. The molecule has 0 unspecified atom stereocenters. The third kappa shape index (κ3) is 4.52. The normalized spacial score (nSPS) is 14.0. The Labute approximate surface area is 337 Å². The summed E-state index contributed by atoms with van der Waals surface area (Å²) in [7, 11) is 0. The summed E-state index contributed by atoms with van der Waals surface area (Å²) < 4.78 is 0. The van der Waals surface area contributed by atoms with Gasteiger partial charge in [-0.3, -0.25) is 0 Å². The van der Waals surface area contributed by atoms with Gasteiger partial charge in [-0.05, 0) is 66.8 Å². The number of anilines is 2. The molecule has 0 saturated carbocycles. The van der Waals surface area contributed by atoms with Crippen molar-refractivity contribution in [1.82, 2.24) is 0 Å². The first kappa shape index (κ1) is 33.4. The lowest BCUT2D eigenvalue weighted by molar-refractivity contribution is 0.768. The number of thiophene rings is 1. The summed E-state index contributed by atoms with van der Waals surface area (Å²) in [6.07, 6.45) is 0. The minimum absolute atomic E-state index is 0.507. The lowest BCUT2D eigenvalue weighted by atomic mass is 9.67. The summed E-state index contributed by atoms with van der Waals surface area (Å²) in [6.45, 7) is 0. The predicted molar refractivity (Wildman–Crippen MR) is 239 cm³/mol. The van der Waals surface area contributed by atoms with E-state index in [2.05, 4.69) is 206 Å². The topological polar surface area (TPSA) is 52.0 Å². The molecule has 8 aromatic carbocycles. The Morgan fingerprint density at radius 3 is 0.912 bits per heavy atom. The molecule has 2 aliphatic carbocycles. The highest BCUT2D eigenvalue weighted by Crippen LogP contribution is 2.62. The van der Waals surface area contributed by atoms with Crippen molar-refractivity contribution in [3.63, 3.8) is 0 Å². The van der Waals surface area contributed by atoms with Crippen LogP contribution in [0.15, 0.2) is 206 Å². The standard InChI is InChI=1S/C54H38N2S/c55-49-50(56)52(42-30-18-34-46-48(42)40-28-14-16-32-44(40)54(46,37-23-9-3-10-24-37)38-25-11-4-12-26-38)57-51(49)41-29-17-33-45-47(41)39-27-13-15-31-43(39)53(45,35-19-5-1-6-20-35)36-21-7-2-8-22-36/h1-34H,55-56H2. The maximum Gasteiger partial charge on any atom is 0.0744 e. The number of fused-ring (bicyclic) bond motifs is 6. The molecule has 0 radical (unpaired) electrons. The van der Waals surface area contributed by atoms with E-state index in [1.54, 1.807) is 11.3 Å². The quantitative estimate of drug-likeness (QED) is 0.178. The van der Waals surface area contributed by atoms with Gasteiger partial charge in [-0.1, -0.05) is 206 Å². The van der Waals surface area contributed by atoms with Gasteiger partial charge in [0.2, 0.25) is 0 Å². The maximum absolute atomic E-state index is 7.24. The van der Waals surface area contributed by atoms with E-state index in [-0.39, 0.29) is 0 Å². The summed E-state index contributed by atoms with van der Waals surface area (Å²) >= 11 is 1.71. The fourth-order valence-corrected chi connectivity index (χ4v) is 11.4. The molecule has 0 amide bonds. The first-order valence-electron chi connectivity index (χ1n) is 19.5. The molecule has 270 valence electrons. The number of hydrogen-bond acceptors (Lipinski definition) is 3. The molecule has 9 aromatic rings. The molecule has 4 N–H and O–H groups in total. The van der Waals surface area contributed by atoms with Crippen LogP contribution in [0.2, 0.25) is 0 Å². The van der Waals surface area contributed by atoms with Gasteiger partial charge in [0.25, 0.3) is 0 Å². The molecule has 2 aliphatic rings. The van der Waals surface area contributed by atoms with Gasteiger partial charge in [-0.25, -0.2) is 0 Å². The van der Waals surface area contributed by atoms with Crippen molar-refractivity contribution in [3.8, 4) is 43.1 Å². The van der Waals surface area contributed by atoms with E-state index in [0.717, 1.165) is 20.9 Å². The van der Waals surface area contributed by atoms with Crippen molar-refractivity contribution in [2.24, 2.45) is 0 Å². The highest BCUT2D eigenvalue weighted by Gasteiger charge is 2.48. The van der Waals surface area contributed by atoms with Gasteiger partial charge in [0.05, 0.1) is 32.0 Å². The van der Waals surface area contributed by atoms with Gasteiger partial charge in [0.15, 0.2) is 0 Å². The van der Waals surface area contributed by atoms with Crippen molar-refractivity contribution in [2.45, 2.75) is 10.8 Å². The molecule has 1 aromatic heterocycles. The Hall–Kier alpha value is -6.94. The zero-order valence-corrected chi connectivity index (χ0v) is 32.0. The number of nitrogens with two attached hydrogens (primary N) is 2. The second-order valence-corrected chi connectivity index (χ2v) is 16.1. The lowest BCUT2D eigenvalue weighted by Gasteiger charge is -2.34. The Morgan fingerprint density at radius 1 is 0.281 bits per heavy atom.